The van der Waals surface area contributed by atoms with Gasteiger partial charge in [0.05, 0.1) is 23.6 Å². The van der Waals surface area contributed by atoms with E-state index in [9.17, 15) is 13.2 Å². The summed E-state index contributed by atoms with van der Waals surface area (Å²) < 4.78 is 44.8. The first-order chi connectivity index (χ1) is 13.8. The monoisotopic (exact) mass is 395 g/mol. The fraction of sp³-hybridized carbons (Fsp3) is 0.174. The molecule has 0 aliphatic rings. The number of aryl methyl sites for hydroxylation is 2. The summed E-state index contributed by atoms with van der Waals surface area (Å²) in [7, 11) is 1.82. The zero-order chi connectivity index (χ0) is 20.8. The standard InChI is InChI=1S/C23H20F3N3/c1-15-8-6-7-11-29(15)21-13-18(23(24,25)26)12-19(16(21)2)22-27-14-17-9-4-5-10-20(17)28(22)3/h4-14H,1-3H3/q+2. The van der Waals surface area contributed by atoms with Crippen LogP contribution in [-0.4, -0.2) is 4.98 Å². The van der Waals surface area contributed by atoms with E-state index in [2.05, 4.69) is 4.98 Å². The minimum atomic E-state index is -4.46. The van der Waals surface area contributed by atoms with E-state index in [1.807, 2.05) is 61.9 Å². The fourth-order valence-electron chi connectivity index (χ4n) is 3.63. The molecule has 3 nitrogen and oxygen atoms in total. The lowest BCUT2D eigenvalue weighted by molar-refractivity contribution is -0.636. The van der Waals surface area contributed by atoms with E-state index in [-0.39, 0.29) is 0 Å². The molecule has 2 aromatic heterocycles. The molecule has 0 spiro atoms. The van der Waals surface area contributed by atoms with Crippen molar-refractivity contribution in [2.45, 2.75) is 20.0 Å². The van der Waals surface area contributed by atoms with Crippen molar-refractivity contribution in [2.75, 3.05) is 0 Å². The molecule has 0 fully saturated rings. The lowest BCUT2D eigenvalue weighted by Gasteiger charge is -2.13. The third-order valence-corrected chi connectivity index (χ3v) is 5.21. The lowest BCUT2D eigenvalue weighted by Crippen LogP contribution is -2.36. The minimum Gasteiger partial charge on any atom is -0.226 e. The van der Waals surface area contributed by atoms with Crippen molar-refractivity contribution in [2.24, 2.45) is 7.05 Å². The molecule has 0 amide bonds. The quantitative estimate of drug-likeness (QED) is 0.453. The summed E-state index contributed by atoms with van der Waals surface area (Å²) in [5, 5.41) is 0.928. The van der Waals surface area contributed by atoms with Crippen LogP contribution in [0.3, 0.4) is 0 Å². The normalized spacial score (nSPS) is 11.8. The Morgan fingerprint density at radius 2 is 1.66 bits per heavy atom. The van der Waals surface area contributed by atoms with E-state index in [0.717, 1.165) is 22.2 Å². The molecule has 2 aromatic carbocycles. The number of fused-ring (bicyclic) bond motifs is 1. The predicted molar refractivity (Wildman–Crippen MR) is 104 cm³/mol. The number of para-hydroxylation sites is 1. The average Bonchev–Trinajstić information content (AvgIpc) is 2.69. The van der Waals surface area contributed by atoms with Crippen LogP contribution in [0.1, 0.15) is 16.8 Å². The highest BCUT2D eigenvalue weighted by Gasteiger charge is 2.35. The van der Waals surface area contributed by atoms with Crippen LogP contribution < -0.4 is 9.13 Å². The maximum Gasteiger partial charge on any atom is 0.416 e. The summed E-state index contributed by atoms with van der Waals surface area (Å²) in [5.41, 5.74) is 2.73. The van der Waals surface area contributed by atoms with Crippen LogP contribution in [0.4, 0.5) is 13.2 Å². The second kappa shape index (κ2) is 6.95. The molecular weight excluding hydrogens is 375 g/mol. The Kier molecular flexibility index (Phi) is 4.57. The van der Waals surface area contributed by atoms with Gasteiger partial charge in [-0.05, 0) is 30.1 Å². The smallest absolute Gasteiger partial charge is 0.226 e. The molecule has 0 unspecified atom stereocenters. The molecule has 4 aromatic rings. The number of benzene rings is 2. The van der Waals surface area contributed by atoms with Crippen molar-refractivity contribution in [3.05, 3.63) is 83.8 Å². The van der Waals surface area contributed by atoms with Crippen LogP contribution in [-0.2, 0) is 13.2 Å². The Hall–Kier alpha value is -3.28. The first kappa shape index (κ1) is 19.1. The van der Waals surface area contributed by atoms with E-state index >= 15 is 0 Å². The number of alkyl halides is 3. The third-order valence-electron chi connectivity index (χ3n) is 5.21. The Balaban J connectivity index is 2.05. The van der Waals surface area contributed by atoms with Crippen LogP contribution in [0.5, 0.6) is 0 Å². The summed E-state index contributed by atoms with van der Waals surface area (Å²) in [6.07, 6.45) is -0.990. The zero-order valence-electron chi connectivity index (χ0n) is 16.3. The number of aromatic nitrogens is 3. The fourth-order valence-corrected chi connectivity index (χ4v) is 3.63. The third kappa shape index (κ3) is 3.35. The molecule has 146 valence electrons. The van der Waals surface area contributed by atoms with E-state index < -0.39 is 11.7 Å². The molecule has 0 atom stereocenters. The van der Waals surface area contributed by atoms with Gasteiger partial charge in [-0.1, -0.05) is 18.2 Å². The highest BCUT2D eigenvalue weighted by molar-refractivity contribution is 5.76. The van der Waals surface area contributed by atoms with Gasteiger partial charge >= 0.3 is 12.0 Å². The topological polar surface area (TPSA) is 20.6 Å². The van der Waals surface area contributed by atoms with Gasteiger partial charge in [0.2, 0.25) is 5.69 Å². The first-order valence-corrected chi connectivity index (χ1v) is 9.21. The largest absolute Gasteiger partial charge is 0.416 e. The number of nitrogens with zero attached hydrogens (tertiary/aromatic N) is 3. The molecule has 0 radical (unpaired) electrons. The summed E-state index contributed by atoms with van der Waals surface area (Å²) in [6, 6.07) is 15.6. The molecule has 6 heteroatoms. The summed E-state index contributed by atoms with van der Waals surface area (Å²) >= 11 is 0. The Morgan fingerprint density at radius 3 is 2.38 bits per heavy atom. The molecule has 0 bridgehead atoms. The van der Waals surface area contributed by atoms with Gasteiger partial charge in [0.15, 0.2) is 18.1 Å². The van der Waals surface area contributed by atoms with Gasteiger partial charge in [0.1, 0.15) is 5.52 Å². The predicted octanol–water partition coefficient (Wildman–Crippen LogP) is 4.64. The van der Waals surface area contributed by atoms with Gasteiger partial charge < -0.3 is 0 Å². The molecule has 0 saturated carbocycles. The summed E-state index contributed by atoms with van der Waals surface area (Å²) in [5.74, 6) is 0.489. The van der Waals surface area contributed by atoms with Crippen LogP contribution in [0.15, 0.2) is 67.0 Å². The van der Waals surface area contributed by atoms with Crippen molar-refractivity contribution in [3.63, 3.8) is 0 Å². The molecule has 4 rings (SSSR count). The lowest BCUT2D eigenvalue weighted by atomic mass is 10.0. The second-order valence-electron chi connectivity index (χ2n) is 7.08. The van der Waals surface area contributed by atoms with Crippen molar-refractivity contribution >= 4 is 10.9 Å². The van der Waals surface area contributed by atoms with Crippen molar-refractivity contribution in [3.8, 4) is 17.1 Å². The number of pyridine rings is 1. The number of halogens is 3. The maximum atomic E-state index is 13.7. The van der Waals surface area contributed by atoms with Crippen LogP contribution >= 0.6 is 0 Å². The number of hydrogen-bond acceptors (Lipinski definition) is 1. The van der Waals surface area contributed by atoms with Gasteiger partial charge in [-0.3, -0.25) is 0 Å². The van der Waals surface area contributed by atoms with Gasteiger partial charge in [-0.15, -0.1) is 0 Å². The highest BCUT2D eigenvalue weighted by Crippen LogP contribution is 2.35. The van der Waals surface area contributed by atoms with Crippen LogP contribution in [0, 0.1) is 13.8 Å². The van der Waals surface area contributed by atoms with Crippen molar-refractivity contribution in [1.82, 2.24) is 4.98 Å². The van der Waals surface area contributed by atoms with Crippen LogP contribution in [0.2, 0.25) is 0 Å². The summed E-state index contributed by atoms with van der Waals surface area (Å²) in [4.78, 5) is 4.50. The van der Waals surface area contributed by atoms with E-state index in [4.69, 9.17) is 0 Å². The van der Waals surface area contributed by atoms with Gasteiger partial charge in [-0.2, -0.15) is 17.7 Å². The SMILES string of the molecule is Cc1c(-c2ncc3ccccc3[n+]2C)cc(C(F)(F)F)cc1-[n+]1ccccc1C. The Labute approximate surface area is 166 Å². The molecule has 29 heavy (non-hydrogen) atoms. The first-order valence-electron chi connectivity index (χ1n) is 9.21. The highest BCUT2D eigenvalue weighted by atomic mass is 19.4. The average molecular weight is 395 g/mol. The van der Waals surface area contributed by atoms with E-state index in [1.165, 1.54) is 12.1 Å². The van der Waals surface area contributed by atoms with E-state index in [0.29, 0.717) is 17.1 Å². The Bertz CT molecular complexity index is 1230. The summed E-state index contributed by atoms with van der Waals surface area (Å²) in [6.45, 7) is 3.70. The molecule has 2 heterocycles. The van der Waals surface area contributed by atoms with Gasteiger partial charge in [0.25, 0.3) is 0 Å². The van der Waals surface area contributed by atoms with Crippen molar-refractivity contribution in [1.29, 1.82) is 0 Å². The second-order valence-corrected chi connectivity index (χ2v) is 7.08. The number of hydrogen-bond donors (Lipinski definition) is 0. The molecule has 0 aliphatic heterocycles. The molecule has 0 saturated heterocycles. The van der Waals surface area contributed by atoms with E-state index in [1.54, 1.807) is 23.0 Å². The van der Waals surface area contributed by atoms with Gasteiger partial charge in [0, 0.05) is 30.7 Å². The maximum absolute atomic E-state index is 13.7. The zero-order valence-corrected chi connectivity index (χ0v) is 16.3. The molecule has 0 aliphatic carbocycles. The number of rotatable bonds is 2. The van der Waals surface area contributed by atoms with Crippen molar-refractivity contribution < 1.29 is 22.3 Å². The minimum absolute atomic E-state index is 0.457. The molecular formula is C23H20F3N3+2. The Morgan fingerprint density at radius 1 is 0.931 bits per heavy atom. The van der Waals surface area contributed by atoms with Gasteiger partial charge in [-0.25, -0.2) is 4.57 Å². The molecule has 0 N–H and O–H groups in total. The van der Waals surface area contributed by atoms with Crippen LogP contribution in [0.25, 0.3) is 28.0 Å².